The highest BCUT2D eigenvalue weighted by Gasteiger charge is 2.14. The Labute approximate surface area is 179 Å². The van der Waals surface area contributed by atoms with E-state index in [4.69, 9.17) is 19.6 Å². The van der Waals surface area contributed by atoms with Crippen LogP contribution in [0.15, 0.2) is 65.4 Å². The van der Waals surface area contributed by atoms with Crippen molar-refractivity contribution in [2.45, 2.75) is 26.5 Å². The minimum absolute atomic E-state index is 0.155. The van der Waals surface area contributed by atoms with E-state index in [9.17, 15) is 4.79 Å². The van der Waals surface area contributed by atoms with E-state index in [0.29, 0.717) is 24.5 Å². The number of pyridine rings is 2. The van der Waals surface area contributed by atoms with Crippen LogP contribution in [0.4, 0.5) is 0 Å². The molecule has 0 saturated heterocycles. The fourth-order valence-electron chi connectivity index (χ4n) is 3.37. The van der Waals surface area contributed by atoms with Gasteiger partial charge in [-0.2, -0.15) is 0 Å². The molecule has 3 aromatic heterocycles. The Hall–Kier alpha value is -3.71. The first kappa shape index (κ1) is 20.6. The lowest BCUT2D eigenvalue weighted by Crippen LogP contribution is -2.09. The molecule has 7 nitrogen and oxygen atoms in total. The number of hydrogen-bond donors (Lipinski definition) is 1. The molecule has 0 aliphatic heterocycles. The maximum absolute atomic E-state index is 11.9. The van der Waals surface area contributed by atoms with Gasteiger partial charge in [0.25, 0.3) is 0 Å². The van der Waals surface area contributed by atoms with Gasteiger partial charge in [0, 0.05) is 29.9 Å². The predicted octanol–water partition coefficient (Wildman–Crippen LogP) is 4.03. The van der Waals surface area contributed by atoms with Crippen LogP contribution in [-0.2, 0) is 29.1 Å². The second-order valence-corrected chi connectivity index (χ2v) is 6.91. The number of hydrogen-bond acceptors (Lipinski definition) is 7. The first-order chi connectivity index (χ1) is 15.2. The highest BCUT2D eigenvalue weighted by molar-refractivity contribution is 5.90. The van der Waals surface area contributed by atoms with E-state index >= 15 is 0 Å². The van der Waals surface area contributed by atoms with Crippen molar-refractivity contribution in [3.05, 3.63) is 77.9 Å². The molecule has 4 aromatic rings. The lowest BCUT2D eigenvalue weighted by molar-refractivity contribution is -0.142. The maximum Gasteiger partial charge on any atom is 0.310 e. The van der Waals surface area contributed by atoms with Gasteiger partial charge in [-0.25, -0.2) is 4.98 Å². The lowest BCUT2D eigenvalue weighted by atomic mass is 10.0. The Bertz CT molecular complexity index is 1200. The number of ether oxygens (including phenoxy) is 2. The molecule has 0 amide bonds. The Balaban J connectivity index is 1.61. The summed E-state index contributed by atoms with van der Waals surface area (Å²) in [5.74, 6) is 0.340. The average molecular weight is 417 g/mol. The third-order valence-corrected chi connectivity index (χ3v) is 4.79. The summed E-state index contributed by atoms with van der Waals surface area (Å²) in [6.07, 6.45) is 3.50. The van der Waals surface area contributed by atoms with Gasteiger partial charge >= 0.3 is 5.97 Å². The van der Waals surface area contributed by atoms with Gasteiger partial charge in [0.05, 0.1) is 30.7 Å². The van der Waals surface area contributed by atoms with Crippen molar-refractivity contribution in [2.24, 2.45) is 5.73 Å². The smallest absolute Gasteiger partial charge is 0.310 e. The maximum atomic E-state index is 11.9. The summed E-state index contributed by atoms with van der Waals surface area (Å²) < 4.78 is 16.8. The van der Waals surface area contributed by atoms with Crippen LogP contribution in [0, 0.1) is 0 Å². The number of nitrogens with two attached hydrogens (primary N) is 1. The predicted molar refractivity (Wildman–Crippen MR) is 116 cm³/mol. The summed E-state index contributed by atoms with van der Waals surface area (Å²) in [4.78, 5) is 20.8. The minimum atomic E-state index is -0.285. The highest BCUT2D eigenvalue weighted by atomic mass is 16.5. The molecule has 3 heterocycles. The van der Waals surface area contributed by atoms with Gasteiger partial charge < -0.3 is 19.6 Å². The molecule has 1 aromatic carbocycles. The van der Waals surface area contributed by atoms with Crippen molar-refractivity contribution in [3.8, 4) is 16.9 Å². The van der Waals surface area contributed by atoms with Crippen molar-refractivity contribution in [1.29, 1.82) is 0 Å². The van der Waals surface area contributed by atoms with Gasteiger partial charge in [-0.1, -0.05) is 18.2 Å². The zero-order valence-corrected chi connectivity index (χ0v) is 17.2. The molecule has 0 aliphatic carbocycles. The number of rotatable bonds is 8. The third kappa shape index (κ3) is 4.73. The molecule has 0 unspecified atom stereocenters. The number of carbonyl (C=O) groups excluding carboxylic acids is 1. The van der Waals surface area contributed by atoms with E-state index in [2.05, 4.69) is 9.97 Å². The quantitative estimate of drug-likeness (QED) is 0.432. The molecule has 0 radical (unpaired) electrons. The Kier molecular flexibility index (Phi) is 6.24. The van der Waals surface area contributed by atoms with Gasteiger partial charge in [-0.3, -0.25) is 9.78 Å². The molecular formula is C24H23N3O4. The molecule has 0 aliphatic rings. The van der Waals surface area contributed by atoms with Crippen molar-refractivity contribution in [1.82, 2.24) is 9.97 Å². The normalized spacial score (nSPS) is 10.9. The number of benzene rings is 1. The van der Waals surface area contributed by atoms with Crippen LogP contribution in [0.5, 0.6) is 5.75 Å². The summed E-state index contributed by atoms with van der Waals surface area (Å²) in [7, 11) is 0. The van der Waals surface area contributed by atoms with Crippen LogP contribution in [0.3, 0.4) is 0 Å². The SMILES string of the molecule is CCOC(=O)Cc1ccccc1OCc1cc(-c2ccnc(CN)c2)c2occc2n1. The largest absolute Gasteiger partial charge is 0.487 e. The molecule has 0 fully saturated rings. The molecule has 0 saturated carbocycles. The van der Waals surface area contributed by atoms with Gasteiger partial charge in [0.2, 0.25) is 0 Å². The summed E-state index contributed by atoms with van der Waals surface area (Å²) in [6.45, 7) is 2.73. The molecule has 4 rings (SSSR count). The summed E-state index contributed by atoms with van der Waals surface area (Å²) in [5.41, 5.74) is 11.3. The number of fused-ring (bicyclic) bond motifs is 1. The van der Waals surface area contributed by atoms with Crippen LogP contribution in [-0.4, -0.2) is 22.5 Å². The van der Waals surface area contributed by atoms with Crippen molar-refractivity contribution in [3.63, 3.8) is 0 Å². The van der Waals surface area contributed by atoms with E-state index in [1.165, 1.54) is 0 Å². The van der Waals surface area contributed by atoms with E-state index in [1.54, 1.807) is 19.4 Å². The number of furan rings is 1. The fraction of sp³-hybridized carbons (Fsp3) is 0.208. The van der Waals surface area contributed by atoms with Gasteiger partial charge in [0.15, 0.2) is 5.58 Å². The molecule has 2 N–H and O–H groups in total. The van der Waals surface area contributed by atoms with Crippen molar-refractivity contribution < 1.29 is 18.7 Å². The summed E-state index contributed by atoms with van der Waals surface area (Å²) in [5, 5.41) is 0. The minimum Gasteiger partial charge on any atom is -0.487 e. The Morgan fingerprint density at radius 2 is 2.00 bits per heavy atom. The van der Waals surface area contributed by atoms with Gasteiger partial charge in [-0.05, 0) is 36.8 Å². The third-order valence-electron chi connectivity index (χ3n) is 4.79. The number of para-hydroxylation sites is 1. The standard InChI is InChI=1S/C24H23N3O4/c1-2-29-23(28)12-17-5-3-4-6-22(17)31-15-19-13-20(24-21(27-19)8-10-30-24)16-7-9-26-18(11-16)14-25/h3-11,13H,2,12,14-15,25H2,1H3. The molecule has 7 heteroatoms. The summed E-state index contributed by atoms with van der Waals surface area (Å²) >= 11 is 0. The average Bonchev–Trinajstić information content (AvgIpc) is 3.27. The molecular weight excluding hydrogens is 394 g/mol. The van der Waals surface area contributed by atoms with Gasteiger partial charge in [-0.15, -0.1) is 0 Å². The number of esters is 1. The van der Waals surface area contributed by atoms with E-state index in [1.807, 2.05) is 48.5 Å². The first-order valence-electron chi connectivity index (χ1n) is 10.1. The molecule has 0 spiro atoms. The molecule has 31 heavy (non-hydrogen) atoms. The fourth-order valence-corrected chi connectivity index (χ4v) is 3.37. The zero-order chi connectivity index (χ0) is 21.6. The second-order valence-electron chi connectivity index (χ2n) is 6.91. The lowest BCUT2D eigenvalue weighted by Gasteiger charge is -2.12. The van der Waals surface area contributed by atoms with Crippen LogP contribution < -0.4 is 10.5 Å². The number of aromatic nitrogens is 2. The summed E-state index contributed by atoms with van der Waals surface area (Å²) in [6, 6.07) is 15.0. The van der Waals surface area contributed by atoms with E-state index < -0.39 is 0 Å². The van der Waals surface area contributed by atoms with Crippen molar-refractivity contribution in [2.75, 3.05) is 6.61 Å². The topological polar surface area (TPSA) is 100 Å². The van der Waals surface area contributed by atoms with Gasteiger partial charge in [0.1, 0.15) is 17.9 Å². The zero-order valence-electron chi connectivity index (χ0n) is 17.2. The number of carbonyl (C=O) groups is 1. The van der Waals surface area contributed by atoms with Crippen molar-refractivity contribution >= 4 is 17.1 Å². The van der Waals surface area contributed by atoms with Crippen LogP contribution >= 0.6 is 0 Å². The molecule has 158 valence electrons. The van der Waals surface area contributed by atoms with Crippen LogP contribution in [0.25, 0.3) is 22.2 Å². The second kappa shape index (κ2) is 9.40. The van der Waals surface area contributed by atoms with Crippen LogP contribution in [0.1, 0.15) is 23.9 Å². The van der Waals surface area contributed by atoms with E-state index in [-0.39, 0.29) is 19.0 Å². The van der Waals surface area contributed by atoms with Crippen LogP contribution in [0.2, 0.25) is 0 Å². The monoisotopic (exact) mass is 417 g/mol. The number of nitrogens with zero attached hydrogens (tertiary/aromatic N) is 2. The van der Waals surface area contributed by atoms with E-state index in [0.717, 1.165) is 33.6 Å². The Morgan fingerprint density at radius 3 is 2.84 bits per heavy atom. The molecule has 0 atom stereocenters. The Morgan fingerprint density at radius 1 is 1.13 bits per heavy atom. The highest BCUT2D eigenvalue weighted by Crippen LogP contribution is 2.30. The molecule has 0 bridgehead atoms. The first-order valence-corrected chi connectivity index (χ1v) is 10.1.